The molecule has 0 radical (unpaired) electrons. The Labute approximate surface area is 129 Å². The van der Waals surface area contributed by atoms with Crippen LogP contribution in [0.25, 0.3) is 0 Å². The van der Waals surface area contributed by atoms with Crippen molar-refractivity contribution in [1.82, 2.24) is 4.90 Å². The molecule has 0 unspecified atom stereocenters. The van der Waals surface area contributed by atoms with Crippen LogP contribution in [0.4, 0.5) is 5.69 Å². The number of anilines is 1. The Hall–Kier alpha value is -0.870. The van der Waals surface area contributed by atoms with E-state index in [2.05, 4.69) is 31.8 Å². The van der Waals surface area contributed by atoms with E-state index in [1.165, 1.54) is 31.4 Å². The van der Waals surface area contributed by atoms with Gasteiger partial charge in [-0.05, 0) is 47.0 Å². The third-order valence-corrected chi connectivity index (χ3v) is 5.24. The minimum atomic E-state index is 0.727. The molecule has 1 saturated heterocycles. The number of hydrogen-bond acceptors (Lipinski definition) is 3. The molecule has 4 heteroatoms. The van der Waals surface area contributed by atoms with Gasteiger partial charge in [0.15, 0.2) is 0 Å². The van der Waals surface area contributed by atoms with Crippen molar-refractivity contribution in [3.8, 4) is 0 Å². The maximum absolute atomic E-state index is 10.8. The molecule has 1 aromatic carbocycles. The normalized spacial score (nSPS) is 21.4. The first-order valence-corrected chi connectivity index (χ1v) is 8.31. The van der Waals surface area contributed by atoms with E-state index < -0.39 is 0 Å². The zero-order valence-corrected chi connectivity index (χ0v) is 13.3. The molecule has 1 saturated carbocycles. The van der Waals surface area contributed by atoms with Gasteiger partial charge in [0.1, 0.15) is 6.29 Å². The summed E-state index contributed by atoms with van der Waals surface area (Å²) in [5, 5.41) is 0. The van der Waals surface area contributed by atoms with E-state index in [9.17, 15) is 4.79 Å². The third-order valence-electron chi connectivity index (χ3n) is 4.60. The molecule has 0 spiro atoms. The molecule has 20 heavy (non-hydrogen) atoms. The van der Waals surface area contributed by atoms with E-state index in [0.717, 1.165) is 48.5 Å². The molecule has 0 atom stereocenters. The van der Waals surface area contributed by atoms with Crippen LogP contribution in [0.3, 0.4) is 0 Å². The molecule has 0 aromatic heterocycles. The van der Waals surface area contributed by atoms with Gasteiger partial charge in [-0.25, -0.2) is 0 Å². The van der Waals surface area contributed by atoms with Crippen molar-refractivity contribution < 1.29 is 4.79 Å². The van der Waals surface area contributed by atoms with Gasteiger partial charge < -0.3 is 4.90 Å². The van der Waals surface area contributed by atoms with Crippen LogP contribution in [0.15, 0.2) is 22.7 Å². The predicted molar refractivity (Wildman–Crippen MR) is 85.6 cm³/mol. The molecule has 108 valence electrons. The molecule has 0 amide bonds. The van der Waals surface area contributed by atoms with Crippen LogP contribution in [0.2, 0.25) is 0 Å². The smallest absolute Gasteiger partial charge is 0.150 e. The molecule has 3 rings (SSSR count). The van der Waals surface area contributed by atoms with E-state index in [-0.39, 0.29) is 0 Å². The van der Waals surface area contributed by atoms with E-state index in [4.69, 9.17) is 0 Å². The van der Waals surface area contributed by atoms with Crippen molar-refractivity contribution in [2.24, 2.45) is 0 Å². The number of carbonyl (C=O) groups excluding carboxylic acids is 1. The van der Waals surface area contributed by atoms with Crippen molar-refractivity contribution in [1.29, 1.82) is 0 Å². The molecular weight excluding hydrogens is 316 g/mol. The van der Waals surface area contributed by atoms with E-state index in [0.29, 0.717) is 0 Å². The highest BCUT2D eigenvalue weighted by Gasteiger charge is 2.26. The average Bonchev–Trinajstić information content (AvgIpc) is 3.01. The summed E-state index contributed by atoms with van der Waals surface area (Å²) in [5.74, 6) is 0. The zero-order valence-electron chi connectivity index (χ0n) is 11.7. The molecular formula is C16H21BrN2O. The van der Waals surface area contributed by atoms with Gasteiger partial charge in [0, 0.05) is 42.3 Å². The first-order chi connectivity index (χ1) is 9.78. The van der Waals surface area contributed by atoms with Crippen LogP contribution in [0, 0.1) is 0 Å². The van der Waals surface area contributed by atoms with Crippen LogP contribution < -0.4 is 4.90 Å². The number of rotatable bonds is 3. The van der Waals surface area contributed by atoms with E-state index in [1.54, 1.807) is 0 Å². The Morgan fingerprint density at radius 2 is 1.80 bits per heavy atom. The van der Waals surface area contributed by atoms with Crippen LogP contribution in [0.1, 0.15) is 36.0 Å². The molecule has 0 bridgehead atoms. The molecule has 0 N–H and O–H groups in total. The molecule has 1 aliphatic carbocycles. The lowest BCUT2D eigenvalue weighted by Gasteiger charge is -2.39. The van der Waals surface area contributed by atoms with Crippen molar-refractivity contribution >= 4 is 27.9 Å². The van der Waals surface area contributed by atoms with Crippen molar-refractivity contribution in [2.45, 2.75) is 31.7 Å². The fourth-order valence-corrected chi connectivity index (χ4v) is 4.10. The third kappa shape index (κ3) is 2.91. The maximum atomic E-state index is 10.8. The standard InChI is InChI=1S/C16H21BrN2O/c17-15-11-13(12-20)5-6-16(15)19-9-7-18(8-10-19)14-3-1-2-4-14/h5-6,11-12,14H,1-4,7-10H2. The number of piperazine rings is 1. The largest absolute Gasteiger partial charge is 0.368 e. The summed E-state index contributed by atoms with van der Waals surface area (Å²) in [6.45, 7) is 4.48. The van der Waals surface area contributed by atoms with Gasteiger partial charge in [-0.15, -0.1) is 0 Å². The lowest BCUT2D eigenvalue weighted by Crippen LogP contribution is -2.49. The van der Waals surface area contributed by atoms with Crippen LogP contribution >= 0.6 is 15.9 Å². The lowest BCUT2D eigenvalue weighted by atomic mass is 10.1. The van der Waals surface area contributed by atoms with Crippen molar-refractivity contribution in [3.63, 3.8) is 0 Å². The quantitative estimate of drug-likeness (QED) is 0.791. The highest BCUT2D eigenvalue weighted by molar-refractivity contribution is 9.10. The second-order valence-electron chi connectivity index (χ2n) is 5.79. The topological polar surface area (TPSA) is 23.6 Å². The predicted octanol–water partition coefficient (Wildman–Crippen LogP) is 3.33. The maximum Gasteiger partial charge on any atom is 0.150 e. The van der Waals surface area contributed by atoms with Crippen molar-refractivity contribution in [2.75, 3.05) is 31.1 Å². The van der Waals surface area contributed by atoms with Gasteiger partial charge in [0.25, 0.3) is 0 Å². The first-order valence-electron chi connectivity index (χ1n) is 7.51. The average molecular weight is 337 g/mol. The monoisotopic (exact) mass is 336 g/mol. The molecule has 1 aromatic rings. The number of aldehydes is 1. The lowest BCUT2D eigenvalue weighted by molar-refractivity contribution is 0.112. The second-order valence-corrected chi connectivity index (χ2v) is 6.64. The summed E-state index contributed by atoms with van der Waals surface area (Å²) in [5.41, 5.74) is 1.94. The number of hydrogen-bond donors (Lipinski definition) is 0. The van der Waals surface area contributed by atoms with Gasteiger partial charge in [-0.3, -0.25) is 9.69 Å². The number of halogens is 1. The Balaban J connectivity index is 1.64. The Bertz CT molecular complexity index is 477. The number of benzene rings is 1. The summed E-state index contributed by atoms with van der Waals surface area (Å²) < 4.78 is 1.02. The van der Waals surface area contributed by atoms with Crippen LogP contribution in [-0.4, -0.2) is 43.4 Å². The number of carbonyl (C=O) groups is 1. The SMILES string of the molecule is O=Cc1ccc(N2CCN(C3CCCC3)CC2)c(Br)c1. The first kappa shape index (κ1) is 14.1. The molecule has 2 aliphatic rings. The van der Waals surface area contributed by atoms with Crippen molar-refractivity contribution in [3.05, 3.63) is 28.2 Å². The fourth-order valence-electron chi connectivity index (χ4n) is 3.45. The van der Waals surface area contributed by atoms with Crippen LogP contribution in [0.5, 0.6) is 0 Å². The van der Waals surface area contributed by atoms with Gasteiger partial charge >= 0.3 is 0 Å². The fraction of sp³-hybridized carbons (Fsp3) is 0.562. The Morgan fingerprint density at radius 1 is 1.10 bits per heavy atom. The summed E-state index contributed by atoms with van der Waals surface area (Å²) in [6, 6.07) is 6.69. The molecule has 3 nitrogen and oxygen atoms in total. The molecule has 2 fully saturated rings. The van der Waals surface area contributed by atoms with Gasteiger partial charge in [-0.1, -0.05) is 12.8 Å². The molecule has 1 heterocycles. The Morgan fingerprint density at radius 3 is 2.40 bits per heavy atom. The summed E-state index contributed by atoms with van der Waals surface area (Å²) in [6.07, 6.45) is 6.48. The number of nitrogens with zero attached hydrogens (tertiary/aromatic N) is 2. The highest BCUT2D eigenvalue weighted by Crippen LogP contribution is 2.29. The van der Waals surface area contributed by atoms with Crippen LogP contribution in [-0.2, 0) is 0 Å². The molecule has 1 aliphatic heterocycles. The van der Waals surface area contributed by atoms with Gasteiger partial charge in [0.05, 0.1) is 5.69 Å². The summed E-state index contributed by atoms with van der Waals surface area (Å²) in [4.78, 5) is 15.9. The second kappa shape index (κ2) is 6.27. The minimum Gasteiger partial charge on any atom is -0.368 e. The van der Waals surface area contributed by atoms with Gasteiger partial charge in [-0.2, -0.15) is 0 Å². The van der Waals surface area contributed by atoms with E-state index >= 15 is 0 Å². The Kier molecular flexibility index (Phi) is 4.41. The highest BCUT2D eigenvalue weighted by atomic mass is 79.9. The van der Waals surface area contributed by atoms with E-state index in [1.807, 2.05) is 12.1 Å². The zero-order chi connectivity index (χ0) is 13.9. The summed E-state index contributed by atoms with van der Waals surface area (Å²) in [7, 11) is 0. The van der Waals surface area contributed by atoms with Gasteiger partial charge in [0.2, 0.25) is 0 Å². The summed E-state index contributed by atoms with van der Waals surface area (Å²) >= 11 is 3.59. The minimum absolute atomic E-state index is 0.727.